The lowest BCUT2D eigenvalue weighted by Crippen LogP contribution is -2.41. The molecule has 182 valence electrons. The third-order valence-electron chi connectivity index (χ3n) is 6.57. The molecule has 0 saturated carbocycles. The summed E-state index contributed by atoms with van der Waals surface area (Å²) in [5, 5.41) is 2.89. The summed E-state index contributed by atoms with van der Waals surface area (Å²) in [6.45, 7) is 6.07. The van der Waals surface area contributed by atoms with Crippen LogP contribution in [0.3, 0.4) is 0 Å². The van der Waals surface area contributed by atoms with Gasteiger partial charge in [0.2, 0.25) is 15.9 Å². The van der Waals surface area contributed by atoms with E-state index < -0.39 is 10.0 Å². The molecular weight excluding hydrogens is 454 g/mol. The average molecular weight is 486 g/mol. The Hall–Kier alpha value is -2.75. The number of carbonyl (C=O) groups excluding carboxylic acids is 2. The highest BCUT2D eigenvalue weighted by Gasteiger charge is 2.30. The number of amides is 2. The molecule has 0 unspecified atom stereocenters. The zero-order chi connectivity index (χ0) is 24.3. The predicted octanol–water partition coefficient (Wildman–Crippen LogP) is 2.82. The van der Waals surface area contributed by atoms with Crippen molar-refractivity contribution < 1.29 is 22.7 Å². The van der Waals surface area contributed by atoms with E-state index in [9.17, 15) is 18.0 Å². The minimum atomic E-state index is -3.66. The Morgan fingerprint density at radius 2 is 1.62 bits per heavy atom. The van der Waals surface area contributed by atoms with Gasteiger partial charge >= 0.3 is 0 Å². The molecule has 2 amide bonds. The van der Waals surface area contributed by atoms with Gasteiger partial charge in [0.15, 0.2) is 0 Å². The van der Waals surface area contributed by atoms with E-state index in [1.807, 2.05) is 31.2 Å². The molecule has 4 rings (SSSR count). The van der Waals surface area contributed by atoms with Gasteiger partial charge in [0.1, 0.15) is 0 Å². The van der Waals surface area contributed by atoms with Crippen LogP contribution in [0.25, 0.3) is 0 Å². The van der Waals surface area contributed by atoms with E-state index in [2.05, 4.69) is 5.32 Å². The Balaban J connectivity index is 1.39. The van der Waals surface area contributed by atoms with Gasteiger partial charge in [-0.05, 0) is 56.0 Å². The largest absolute Gasteiger partial charge is 0.379 e. The molecule has 34 heavy (non-hydrogen) atoms. The number of nitrogens with one attached hydrogen (secondary N) is 1. The summed E-state index contributed by atoms with van der Waals surface area (Å²) in [4.78, 5) is 27.8. The van der Waals surface area contributed by atoms with Crippen LogP contribution >= 0.6 is 0 Å². The normalized spacial score (nSPS) is 18.0. The Labute approximate surface area is 200 Å². The summed E-state index contributed by atoms with van der Waals surface area (Å²) >= 11 is 0. The summed E-state index contributed by atoms with van der Waals surface area (Å²) in [7, 11) is -3.66. The molecule has 2 aromatic rings. The molecule has 0 radical (unpaired) electrons. The number of hydrogen-bond donors (Lipinski definition) is 1. The van der Waals surface area contributed by atoms with Crippen molar-refractivity contribution in [3.63, 3.8) is 0 Å². The molecule has 0 spiro atoms. The monoisotopic (exact) mass is 485 g/mol. The van der Waals surface area contributed by atoms with Gasteiger partial charge in [0.05, 0.1) is 18.1 Å². The molecule has 0 aliphatic carbocycles. The van der Waals surface area contributed by atoms with Crippen LogP contribution in [0.4, 0.5) is 5.69 Å². The van der Waals surface area contributed by atoms with E-state index in [4.69, 9.17) is 4.74 Å². The third kappa shape index (κ3) is 5.16. The topological polar surface area (TPSA) is 96.0 Å². The molecule has 2 fully saturated rings. The lowest BCUT2D eigenvalue weighted by atomic mass is 9.95. The quantitative estimate of drug-likeness (QED) is 0.703. The second kappa shape index (κ2) is 10.2. The van der Waals surface area contributed by atoms with Gasteiger partial charge in [0, 0.05) is 43.3 Å². The summed E-state index contributed by atoms with van der Waals surface area (Å²) in [6, 6.07) is 12.5. The molecule has 0 bridgehead atoms. The van der Waals surface area contributed by atoms with Crippen molar-refractivity contribution in [3.8, 4) is 0 Å². The van der Waals surface area contributed by atoms with Crippen molar-refractivity contribution in [2.75, 3.05) is 44.7 Å². The first-order chi connectivity index (χ1) is 16.3. The SMILES string of the molecule is Cc1ccccc1C(=O)N1CCC(C(=O)Nc2ccc(C)c(S(=O)(=O)N3CCOCC3)c2)CC1. The molecule has 8 nitrogen and oxygen atoms in total. The van der Waals surface area contributed by atoms with Gasteiger partial charge in [-0.25, -0.2) is 8.42 Å². The minimum absolute atomic E-state index is 0.00606. The Morgan fingerprint density at radius 3 is 2.29 bits per heavy atom. The maximum Gasteiger partial charge on any atom is 0.254 e. The molecule has 1 N–H and O–H groups in total. The summed E-state index contributed by atoms with van der Waals surface area (Å²) in [5.41, 5.74) is 2.72. The second-order valence-corrected chi connectivity index (χ2v) is 10.8. The number of morpholine rings is 1. The van der Waals surface area contributed by atoms with E-state index in [0.29, 0.717) is 69.0 Å². The van der Waals surface area contributed by atoms with E-state index in [-0.39, 0.29) is 22.6 Å². The standard InChI is InChI=1S/C25H31N3O5S/c1-18-5-3-4-6-22(18)25(30)27-11-9-20(10-12-27)24(29)26-21-8-7-19(2)23(17-21)34(31,32)28-13-15-33-16-14-28/h3-8,17,20H,9-16H2,1-2H3,(H,26,29). The van der Waals surface area contributed by atoms with Gasteiger partial charge in [-0.2, -0.15) is 4.31 Å². The fourth-order valence-corrected chi connectivity index (χ4v) is 6.11. The Kier molecular flexibility index (Phi) is 7.35. The lowest BCUT2D eigenvalue weighted by molar-refractivity contribution is -0.121. The average Bonchev–Trinajstić information content (AvgIpc) is 2.85. The molecule has 2 heterocycles. The van der Waals surface area contributed by atoms with Crippen molar-refractivity contribution in [1.82, 2.24) is 9.21 Å². The Bertz CT molecular complexity index is 1170. The highest BCUT2D eigenvalue weighted by Crippen LogP contribution is 2.26. The molecular formula is C25H31N3O5S. The number of carbonyl (C=O) groups is 2. The second-order valence-electron chi connectivity index (χ2n) is 8.87. The first-order valence-corrected chi connectivity index (χ1v) is 13.1. The number of hydrogen-bond acceptors (Lipinski definition) is 5. The highest BCUT2D eigenvalue weighted by atomic mass is 32.2. The first kappa shape index (κ1) is 24.4. The van der Waals surface area contributed by atoms with Gasteiger partial charge in [0.25, 0.3) is 5.91 Å². The molecule has 9 heteroatoms. The van der Waals surface area contributed by atoms with E-state index in [1.165, 1.54) is 10.4 Å². The van der Waals surface area contributed by atoms with Crippen LogP contribution in [0.5, 0.6) is 0 Å². The Morgan fingerprint density at radius 1 is 0.941 bits per heavy atom. The fraction of sp³-hybridized carbons (Fsp3) is 0.440. The number of sulfonamides is 1. The molecule has 2 aliphatic rings. The van der Waals surface area contributed by atoms with Crippen LogP contribution in [-0.2, 0) is 19.6 Å². The lowest BCUT2D eigenvalue weighted by Gasteiger charge is -2.31. The first-order valence-electron chi connectivity index (χ1n) is 11.6. The number of ether oxygens (including phenoxy) is 1. The molecule has 2 aliphatic heterocycles. The van der Waals surface area contributed by atoms with Crippen LogP contribution < -0.4 is 5.32 Å². The number of anilines is 1. The maximum absolute atomic E-state index is 13.1. The zero-order valence-corrected chi connectivity index (χ0v) is 20.4. The van der Waals surface area contributed by atoms with Crippen LogP contribution in [0.15, 0.2) is 47.4 Å². The molecule has 0 aromatic heterocycles. The molecule has 2 aromatic carbocycles. The minimum Gasteiger partial charge on any atom is -0.379 e. The third-order valence-corrected chi connectivity index (χ3v) is 8.61. The molecule has 0 atom stereocenters. The van der Waals surface area contributed by atoms with Crippen LogP contribution in [0.1, 0.15) is 34.3 Å². The van der Waals surface area contributed by atoms with E-state index >= 15 is 0 Å². The number of piperidine rings is 1. The van der Waals surface area contributed by atoms with Crippen molar-refractivity contribution in [1.29, 1.82) is 0 Å². The summed E-state index contributed by atoms with van der Waals surface area (Å²) in [6.07, 6.45) is 1.13. The highest BCUT2D eigenvalue weighted by molar-refractivity contribution is 7.89. The van der Waals surface area contributed by atoms with Crippen molar-refractivity contribution in [2.45, 2.75) is 31.6 Å². The fourth-order valence-electron chi connectivity index (χ4n) is 4.45. The van der Waals surface area contributed by atoms with Crippen LogP contribution in [0, 0.1) is 19.8 Å². The van der Waals surface area contributed by atoms with Crippen molar-refractivity contribution in [3.05, 3.63) is 59.2 Å². The van der Waals surface area contributed by atoms with Gasteiger partial charge in [-0.1, -0.05) is 24.3 Å². The number of aryl methyl sites for hydroxylation is 2. The number of likely N-dealkylation sites (tertiary alicyclic amines) is 1. The smallest absolute Gasteiger partial charge is 0.254 e. The van der Waals surface area contributed by atoms with Crippen molar-refractivity contribution >= 4 is 27.5 Å². The van der Waals surface area contributed by atoms with Crippen LogP contribution in [0.2, 0.25) is 0 Å². The van der Waals surface area contributed by atoms with Gasteiger partial charge in [-0.3, -0.25) is 9.59 Å². The molecule has 2 saturated heterocycles. The number of nitrogens with zero attached hydrogens (tertiary/aromatic N) is 2. The van der Waals surface area contributed by atoms with Crippen LogP contribution in [-0.4, -0.2) is 68.8 Å². The van der Waals surface area contributed by atoms with Crippen molar-refractivity contribution in [2.24, 2.45) is 5.92 Å². The summed E-state index contributed by atoms with van der Waals surface area (Å²) < 4.78 is 32.9. The number of rotatable bonds is 5. The van der Waals surface area contributed by atoms with E-state index in [0.717, 1.165) is 5.56 Å². The zero-order valence-electron chi connectivity index (χ0n) is 19.6. The van der Waals surface area contributed by atoms with Gasteiger partial charge < -0.3 is 15.0 Å². The maximum atomic E-state index is 13.1. The van der Waals surface area contributed by atoms with E-state index in [1.54, 1.807) is 24.0 Å². The summed E-state index contributed by atoms with van der Waals surface area (Å²) in [5.74, 6) is -0.392. The number of benzene rings is 2. The predicted molar refractivity (Wildman–Crippen MR) is 129 cm³/mol. The van der Waals surface area contributed by atoms with Gasteiger partial charge in [-0.15, -0.1) is 0 Å².